The van der Waals surface area contributed by atoms with E-state index in [1.807, 2.05) is 10.6 Å². The number of aromatic nitrogens is 4. The maximum Gasteiger partial charge on any atom is 0.277 e. The van der Waals surface area contributed by atoms with Crippen molar-refractivity contribution in [2.45, 2.75) is 19.5 Å². The molecular weight excluding hydrogens is 475 g/mol. The molecule has 0 unspecified atom stereocenters. The molecule has 0 bridgehead atoms. The molecule has 1 fully saturated rings. The number of quaternary nitrogens is 2. The first kappa shape index (κ1) is 26.0. The van der Waals surface area contributed by atoms with E-state index in [0.717, 1.165) is 25.0 Å². The first-order valence-electron chi connectivity index (χ1n) is 11.3. The summed E-state index contributed by atoms with van der Waals surface area (Å²) < 4.78 is 8.88. The molecule has 1 aromatic carbocycles. The van der Waals surface area contributed by atoms with E-state index in [2.05, 4.69) is 40.3 Å². The fourth-order valence-corrected chi connectivity index (χ4v) is 4.77. The lowest BCUT2D eigenvalue weighted by Gasteiger charge is -2.29. The molecule has 0 spiro atoms. The van der Waals surface area contributed by atoms with Crippen molar-refractivity contribution in [3.05, 3.63) is 70.9 Å². The molecule has 4 heterocycles. The van der Waals surface area contributed by atoms with Crippen LogP contribution < -0.4 is 44.9 Å². The van der Waals surface area contributed by atoms with Crippen molar-refractivity contribution in [3.8, 4) is 5.88 Å². The largest absolute Gasteiger partial charge is 1.00 e. The highest BCUT2D eigenvalue weighted by Gasteiger charge is 2.23. The average molecular weight is 505 g/mol. The number of piperazine rings is 1. The highest BCUT2D eigenvalue weighted by molar-refractivity contribution is 5.75. The Morgan fingerprint density at radius 3 is 2.44 bits per heavy atom. The third-order valence-corrected chi connectivity index (χ3v) is 6.53. The van der Waals surface area contributed by atoms with Crippen LogP contribution in [0.3, 0.4) is 0 Å². The summed E-state index contributed by atoms with van der Waals surface area (Å²) in [5.41, 5.74) is 3.45. The standard InChI is InChI=1S/C24H28N6O2.2ClH/c1-32-22-9-8-20-23(26-22)30-18-25-16-21(30)24(31)29(20)11-5-10-27-12-14-28(15-13-27)17-19-6-3-2-4-7-19;;/h2-4,6-9,16,18H,5,10-15,17H2,1H3;2*1H. The predicted molar refractivity (Wildman–Crippen MR) is 122 cm³/mol. The van der Waals surface area contributed by atoms with Crippen molar-refractivity contribution in [2.24, 2.45) is 0 Å². The molecular formula is C24H30Cl2N6O2. The van der Waals surface area contributed by atoms with Gasteiger partial charge in [-0.15, -0.1) is 0 Å². The minimum absolute atomic E-state index is 0. The number of fused-ring (bicyclic) bond motifs is 3. The van der Waals surface area contributed by atoms with Crippen LogP contribution in [-0.2, 0) is 13.1 Å². The van der Waals surface area contributed by atoms with E-state index in [0.29, 0.717) is 23.6 Å². The summed E-state index contributed by atoms with van der Waals surface area (Å²) in [4.78, 5) is 25.1. The van der Waals surface area contributed by atoms with E-state index in [1.165, 1.54) is 31.7 Å². The average Bonchev–Trinajstić information content (AvgIpc) is 3.33. The molecule has 3 aromatic heterocycles. The molecule has 182 valence electrons. The minimum Gasteiger partial charge on any atom is -1.00 e. The number of nitrogens with zero attached hydrogens (tertiary/aromatic N) is 4. The summed E-state index contributed by atoms with van der Waals surface area (Å²) in [7, 11) is 1.60. The number of benzene rings is 1. The number of imidazole rings is 1. The van der Waals surface area contributed by atoms with Crippen molar-refractivity contribution < 1.29 is 39.4 Å². The molecule has 0 saturated carbocycles. The lowest BCUT2D eigenvalue weighted by Crippen LogP contribution is -3.27. The number of nitrogens with one attached hydrogen (secondary N) is 2. The molecule has 8 nitrogen and oxygen atoms in total. The first-order chi connectivity index (χ1) is 15.7. The summed E-state index contributed by atoms with van der Waals surface area (Å²) in [5.74, 6) is 0.526. The normalized spacial score (nSPS) is 17.8. The van der Waals surface area contributed by atoms with Gasteiger partial charge in [0.25, 0.3) is 5.56 Å². The number of halogens is 2. The Bertz CT molecular complexity index is 1270. The zero-order chi connectivity index (χ0) is 21.9. The lowest BCUT2D eigenvalue weighted by molar-refractivity contribution is -1.02. The first-order valence-corrected chi connectivity index (χ1v) is 11.3. The fourth-order valence-electron chi connectivity index (χ4n) is 4.77. The number of hydrogen-bond acceptors (Lipinski definition) is 4. The van der Waals surface area contributed by atoms with Gasteiger partial charge in [-0.25, -0.2) is 4.98 Å². The number of hydrogen-bond donors (Lipinski definition) is 2. The molecule has 0 atom stereocenters. The second kappa shape index (κ2) is 11.7. The van der Waals surface area contributed by atoms with E-state index in [-0.39, 0.29) is 30.4 Å². The third-order valence-electron chi connectivity index (χ3n) is 6.53. The molecule has 0 amide bonds. The van der Waals surface area contributed by atoms with Gasteiger partial charge in [-0.05, 0) is 6.07 Å². The van der Waals surface area contributed by atoms with Crippen LogP contribution in [0, 0.1) is 0 Å². The Labute approximate surface area is 211 Å². The van der Waals surface area contributed by atoms with Gasteiger partial charge in [0.15, 0.2) is 5.65 Å². The molecule has 34 heavy (non-hydrogen) atoms. The Kier molecular flexibility index (Phi) is 8.90. The Morgan fingerprint density at radius 2 is 1.71 bits per heavy atom. The zero-order valence-corrected chi connectivity index (χ0v) is 20.7. The van der Waals surface area contributed by atoms with E-state index in [1.54, 1.807) is 39.9 Å². The SMILES string of the molecule is COc1ccc2c(n1)n1cncc1c(=O)n2CCC[NH+]1CC[NH+](Cc2ccccc2)CC1.[Cl-].[Cl-]. The van der Waals surface area contributed by atoms with Crippen LogP contribution in [0.25, 0.3) is 16.7 Å². The maximum atomic E-state index is 13.1. The van der Waals surface area contributed by atoms with Gasteiger partial charge in [0.1, 0.15) is 44.6 Å². The number of aryl methyl sites for hydroxylation is 1. The van der Waals surface area contributed by atoms with Gasteiger partial charge in [0.2, 0.25) is 5.88 Å². The molecule has 1 aliphatic heterocycles. The molecule has 10 heteroatoms. The van der Waals surface area contributed by atoms with Crippen LogP contribution in [-0.4, -0.2) is 58.8 Å². The van der Waals surface area contributed by atoms with Crippen molar-refractivity contribution >= 4 is 16.7 Å². The van der Waals surface area contributed by atoms with Gasteiger partial charge < -0.3 is 43.9 Å². The van der Waals surface area contributed by atoms with Crippen LogP contribution in [0.2, 0.25) is 0 Å². The summed E-state index contributed by atoms with van der Waals surface area (Å²) in [6, 6.07) is 14.5. The van der Waals surface area contributed by atoms with Gasteiger partial charge in [-0.3, -0.25) is 9.20 Å². The Morgan fingerprint density at radius 1 is 0.971 bits per heavy atom. The number of methoxy groups -OCH3 is 1. The van der Waals surface area contributed by atoms with E-state index < -0.39 is 0 Å². The van der Waals surface area contributed by atoms with Crippen molar-refractivity contribution in [1.29, 1.82) is 0 Å². The summed E-state index contributed by atoms with van der Waals surface area (Å²) in [5, 5.41) is 0. The molecule has 4 aromatic rings. The molecule has 2 N–H and O–H groups in total. The predicted octanol–water partition coefficient (Wildman–Crippen LogP) is -6.57. The Hall–Kier alpha value is -2.65. The smallest absolute Gasteiger partial charge is 0.277 e. The third kappa shape index (κ3) is 5.36. The zero-order valence-electron chi connectivity index (χ0n) is 19.2. The maximum absolute atomic E-state index is 13.1. The van der Waals surface area contributed by atoms with Crippen molar-refractivity contribution in [2.75, 3.05) is 39.8 Å². The highest BCUT2D eigenvalue weighted by Crippen LogP contribution is 2.17. The second-order valence-electron chi connectivity index (χ2n) is 8.57. The Balaban J connectivity index is 0.00000162. The van der Waals surface area contributed by atoms with Gasteiger partial charge >= 0.3 is 0 Å². The van der Waals surface area contributed by atoms with Crippen molar-refractivity contribution in [3.63, 3.8) is 0 Å². The second-order valence-corrected chi connectivity index (χ2v) is 8.57. The van der Waals surface area contributed by atoms with Gasteiger partial charge in [0, 0.05) is 24.6 Å². The van der Waals surface area contributed by atoms with Crippen LogP contribution in [0.5, 0.6) is 5.88 Å². The van der Waals surface area contributed by atoms with Gasteiger partial charge in [-0.2, -0.15) is 4.98 Å². The molecule has 0 radical (unpaired) electrons. The lowest BCUT2D eigenvalue weighted by atomic mass is 10.2. The van der Waals surface area contributed by atoms with Gasteiger partial charge in [-0.1, -0.05) is 30.3 Å². The van der Waals surface area contributed by atoms with Crippen LogP contribution >= 0.6 is 0 Å². The molecule has 0 aliphatic carbocycles. The molecule has 1 saturated heterocycles. The van der Waals surface area contributed by atoms with Crippen LogP contribution in [0.4, 0.5) is 0 Å². The van der Waals surface area contributed by atoms with Crippen LogP contribution in [0.15, 0.2) is 59.8 Å². The van der Waals surface area contributed by atoms with E-state index in [4.69, 9.17) is 4.74 Å². The van der Waals surface area contributed by atoms with Crippen LogP contribution in [0.1, 0.15) is 12.0 Å². The fraction of sp³-hybridized carbons (Fsp3) is 0.375. The number of rotatable bonds is 7. The van der Waals surface area contributed by atoms with Crippen molar-refractivity contribution in [1.82, 2.24) is 18.9 Å². The van der Waals surface area contributed by atoms with E-state index >= 15 is 0 Å². The number of ether oxygens (including phenoxy) is 1. The summed E-state index contributed by atoms with van der Waals surface area (Å²) in [6.07, 6.45) is 4.20. The highest BCUT2D eigenvalue weighted by atomic mass is 35.5. The molecule has 5 rings (SSSR count). The molecule has 1 aliphatic rings. The van der Waals surface area contributed by atoms with E-state index in [9.17, 15) is 4.79 Å². The summed E-state index contributed by atoms with van der Waals surface area (Å²) in [6.45, 7) is 7.60. The monoisotopic (exact) mass is 504 g/mol. The number of pyridine rings is 1. The minimum atomic E-state index is -0.0194. The topological polar surface area (TPSA) is 70.3 Å². The van der Waals surface area contributed by atoms with Gasteiger partial charge in [0.05, 0.1) is 25.4 Å². The summed E-state index contributed by atoms with van der Waals surface area (Å²) >= 11 is 0. The quantitative estimate of drug-likeness (QED) is 0.262.